The van der Waals surface area contributed by atoms with Gasteiger partial charge < -0.3 is 4.74 Å². The number of aromatic nitrogens is 3. The molecule has 2 aromatic heterocycles. The molecule has 6 aromatic carbocycles. The molecule has 0 radical (unpaired) electrons. The van der Waals surface area contributed by atoms with Crippen LogP contribution in [-0.2, 0) is 0 Å². The largest absolute Gasteiger partial charge is 0.461 e. The summed E-state index contributed by atoms with van der Waals surface area (Å²) >= 11 is 1.85. The van der Waals surface area contributed by atoms with Crippen LogP contribution >= 0.6 is 11.3 Å². The van der Waals surface area contributed by atoms with Crippen molar-refractivity contribution in [3.63, 3.8) is 0 Å². The van der Waals surface area contributed by atoms with E-state index in [1.165, 1.54) is 42.4 Å². The highest BCUT2D eigenvalue weighted by Crippen LogP contribution is 2.52. The summed E-state index contributed by atoms with van der Waals surface area (Å²) in [6, 6.07) is 50.9. The highest BCUT2D eigenvalue weighted by Gasteiger charge is 2.37. The molecular weight excluding hydrogens is 631 g/mol. The van der Waals surface area contributed by atoms with Crippen molar-refractivity contribution < 1.29 is 4.74 Å². The van der Waals surface area contributed by atoms with E-state index >= 15 is 0 Å². The Bertz CT molecular complexity index is 2580. The van der Waals surface area contributed by atoms with Gasteiger partial charge in [-0.1, -0.05) is 127 Å². The number of hydrogen-bond donors (Lipinski definition) is 0. The maximum atomic E-state index is 6.52. The Kier molecular flexibility index (Phi) is 6.78. The molecule has 2 aliphatic rings. The fourth-order valence-corrected chi connectivity index (χ4v) is 8.56. The Morgan fingerprint density at radius 3 is 1.98 bits per heavy atom. The number of ether oxygens (including phenoxy) is 1. The fraction of sp³-hybridized carbons (Fsp3) is 0.0444. The van der Waals surface area contributed by atoms with Gasteiger partial charge in [-0.05, 0) is 53.1 Å². The molecule has 1 aliphatic heterocycles. The molecule has 3 heterocycles. The Hall–Kier alpha value is -6.17. The van der Waals surface area contributed by atoms with Crippen molar-refractivity contribution in [2.24, 2.45) is 0 Å². The summed E-state index contributed by atoms with van der Waals surface area (Å²) in [4.78, 5) is 14.9. The molecule has 50 heavy (non-hydrogen) atoms. The Morgan fingerprint density at radius 2 is 1.20 bits per heavy atom. The average molecular weight is 660 g/mol. The van der Waals surface area contributed by atoms with Crippen LogP contribution in [-0.4, -0.2) is 15.0 Å². The van der Waals surface area contributed by atoms with Gasteiger partial charge in [-0.25, -0.2) is 15.0 Å². The summed E-state index contributed by atoms with van der Waals surface area (Å²) in [5.74, 6) is 4.00. The molecular formula is C45H29N3OS. The van der Waals surface area contributed by atoms with E-state index in [-0.39, 0.29) is 11.8 Å². The van der Waals surface area contributed by atoms with Crippen LogP contribution in [0, 0.1) is 0 Å². The SMILES string of the molecule is C1=CC(c2cccc(-c3nc(-c4ccccc4)nc(-c4ccccc4)n3)c2)C2C(=C1)Oc1ccc(-c3cccc4sc5ccccc5c34)cc12. The van der Waals surface area contributed by atoms with Crippen molar-refractivity contribution in [1.82, 2.24) is 15.0 Å². The quantitative estimate of drug-likeness (QED) is 0.184. The van der Waals surface area contributed by atoms with E-state index in [0.717, 1.165) is 28.2 Å². The van der Waals surface area contributed by atoms with Gasteiger partial charge >= 0.3 is 0 Å². The summed E-state index contributed by atoms with van der Waals surface area (Å²) in [5, 5.41) is 2.62. The third-order valence-corrected chi connectivity index (χ3v) is 10.9. The Morgan fingerprint density at radius 1 is 0.540 bits per heavy atom. The number of hydrogen-bond acceptors (Lipinski definition) is 5. The zero-order valence-electron chi connectivity index (χ0n) is 26.9. The van der Waals surface area contributed by atoms with Crippen LogP contribution in [0.2, 0.25) is 0 Å². The first-order chi connectivity index (χ1) is 24.8. The molecule has 0 saturated carbocycles. The average Bonchev–Trinajstić information content (AvgIpc) is 3.77. The Balaban J connectivity index is 1.06. The molecule has 0 amide bonds. The molecule has 10 rings (SSSR count). The lowest BCUT2D eigenvalue weighted by molar-refractivity contribution is 0.416. The lowest BCUT2D eigenvalue weighted by atomic mass is 9.78. The van der Waals surface area contributed by atoms with E-state index in [9.17, 15) is 0 Å². The van der Waals surface area contributed by atoms with Gasteiger partial charge in [0, 0.05) is 48.3 Å². The standard InChI is InChI=1S/C45H29N3OS/c1-3-12-28(13-4-1)43-46-44(29-14-5-2-6-15-29)48-45(47-43)32-17-9-16-30(26-32)33-19-10-21-38-41(33)36-27-31(24-25-37(36)49-38)34-20-11-23-40-42(34)35-18-7-8-22-39(35)50-40/h1-27,33,41H. The lowest BCUT2D eigenvalue weighted by Gasteiger charge is -2.24. The fourth-order valence-electron chi connectivity index (χ4n) is 7.43. The van der Waals surface area contributed by atoms with Crippen molar-refractivity contribution in [2.45, 2.75) is 11.8 Å². The van der Waals surface area contributed by atoms with E-state index in [1.807, 2.05) is 72.0 Å². The van der Waals surface area contributed by atoms with E-state index in [2.05, 4.69) is 103 Å². The lowest BCUT2D eigenvalue weighted by Crippen LogP contribution is -2.12. The number of nitrogens with zero attached hydrogens (tertiary/aromatic N) is 3. The number of benzene rings is 6. The monoisotopic (exact) mass is 659 g/mol. The smallest absolute Gasteiger partial charge is 0.164 e. The molecule has 1 aliphatic carbocycles. The van der Waals surface area contributed by atoms with Crippen LogP contribution in [0.3, 0.4) is 0 Å². The molecule has 0 bridgehead atoms. The molecule has 2 unspecified atom stereocenters. The minimum Gasteiger partial charge on any atom is -0.461 e. The van der Waals surface area contributed by atoms with Gasteiger partial charge in [0.05, 0.1) is 5.92 Å². The normalized spacial score (nSPS) is 16.2. The third-order valence-electron chi connectivity index (χ3n) is 9.76. The number of allylic oxidation sites excluding steroid dienone is 4. The predicted octanol–water partition coefficient (Wildman–Crippen LogP) is 11.6. The molecule has 0 N–H and O–H groups in total. The van der Waals surface area contributed by atoms with Gasteiger partial charge in [0.15, 0.2) is 17.5 Å². The van der Waals surface area contributed by atoms with Crippen LogP contribution in [0.1, 0.15) is 23.0 Å². The third kappa shape index (κ3) is 4.86. The number of thiophene rings is 1. The van der Waals surface area contributed by atoms with Gasteiger partial charge in [0.2, 0.25) is 0 Å². The highest BCUT2D eigenvalue weighted by atomic mass is 32.1. The molecule has 236 valence electrons. The van der Waals surface area contributed by atoms with Gasteiger partial charge in [-0.15, -0.1) is 11.3 Å². The number of fused-ring (bicyclic) bond motifs is 6. The van der Waals surface area contributed by atoms with Crippen LogP contribution < -0.4 is 4.74 Å². The molecule has 4 nitrogen and oxygen atoms in total. The van der Waals surface area contributed by atoms with E-state index in [0.29, 0.717) is 17.5 Å². The van der Waals surface area contributed by atoms with Crippen LogP contribution in [0.15, 0.2) is 170 Å². The van der Waals surface area contributed by atoms with Crippen molar-refractivity contribution in [1.29, 1.82) is 0 Å². The van der Waals surface area contributed by atoms with Crippen molar-refractivity contribution >= 4 is 31.5 Å². The maximum absolute atomic E-state index is 6.52. The molecule has 2 atom stereocenters. The van der Waals surface area contributed by atoms with E-state index in [1.54, 1.807) is 0 Å². The Labute approximate surface area is 293 Å². The zero-order chi connectivity index (χ0) is 33.0. The summed E-state index contributed by atoms with van der Waals surface area (Å²) in [6.07, 6.45) is 6.53. The molecule has 0 saturated heterocycles. The zero-order valence-corrected chi connectivity index (χ0v) is 27.7. The summed E-state index contributed by atoms with van der Waals surface area (Å²) < 4.78 is 9.14. The maximum Gasteiger partial charge on any atom is 0.164 e. The molecule has 8 aromatic rings. The number of rotatable bonds is 5. The van der Waals surface area contributed by atoms with Gasteiger partial charge in [0.25, 0.3) is 0 Å². The van der Waals surface area contributed by atoms with Gasteiger partial charge in [-0.3, -0.25) is 0 Å². The second-order valence-corrected chi connectivity index (χ2v) is 13.8. The van der Waals surface area contributed by atoms with Gasteiger partial charge in [-0.2, -0.15) is 0 Å². The second kappa shape index (κ2) is 11.8. The van der Waals surface area contributed by atoms with E-state index < -0.39 is 0 Å². The summed E-state index contributed by atoms with van der Waals surface area (Å²) in [6.45, 7) is 0. The minimum absolute atomic E-state index is 0.0572. The van der Waals surface area contributed by atoms with Crippen molar-refractivity contribution in [3.05, 3.63) is 181 Å². The van der Waals surface area contributed by atoms with Crippen molar-refractivity contribution in [2.75, 3.05) is 0 Å². The molecule has 0 spiro atoms. The predicted molar refractivity (Wildman–Crippen MR) is 204 cm³/mol. The van der Waals surface area contributed by atoms with Crippen LogP contribution in [0.5, 0.6) is 5.75 Å². The molecule has 0 fully saturated rings. The molecule has 5 heteroatoms. The van der Waals surface area contributed by atoms with Crippen molar-refractivity contribution in [3.8, 4) is 51.0 Å². The van der Waals surface area contributed by atoms with E-state index in [4.69, 9.17) is 19.7 Å². The highest BCUT2D eigenvalue weighted by molar-refractivity contribution is 7.25. The van der Waals surface area contributed by atoms with Crippen LogP contribution in [0.25, 0.3) is 65.5 Å². The van der Waals surface area contributed by atoms with Gasteiger partial charge in [0.1, 0.15) is 11.5 Å². The summed E-state index contributed by atoms with van der Waals surface area (Å²) in [5.41, 5.74) is 7.72. The first kappa shape index (κ1) is 28.8. The second-order valence-electron chi connectivity index (χ2n) is 12.8. The van der Waals surface area contributed by atoms with Crippen LogP contribution in [0.4, 0.5) is 0 Å². The first-order valence-corrected chi connectivity index (χ1v) is 17.7. The minimum atomic E-state index is 0.0572. The summed E-state index contributed by atoms with van der Waals surface area (Å²) in [7, 11) is 0. The topological polar surface area (TPSA) is 47.9 Å². The first-order valence-electron chi connectivity index (χ1n) is 16.8.